The monoisotopic (exact) mass is 410 g/mol. The van der Waals surface area contributed by atoms with E-state index in [0.29, 0.717) is 16.0 Å². The van der Waals surface area contributed by atoms with Gasteiger partial charge in [0.1, 0.15) is 5.82 Å². The fourth-order valence-corrected chi connectivity index (χ4v) is 5.62. The first-order chi connectivity index (χ1) is 13.1. The second-order valence-corrected chi connectivity index (χ2v) is 8.93. The third-order valence-corrected chi connectivity index (χ3v) is 7.21. The van der Waals surface area contributed by atoms with Crippen LogP contribution in [0.15, 0.2) is 29.2 Å². The van der Waals surface area contributed by atoms with E-state index in [2.05, 4.69) is 0 Å². The van der Waals surface area contributed by atoms with Gasteiger partial charge in [-0.2, -0.15) is 4.31 Å². The maximum Gasteiger partial charge on any atom is 0.243 e. The fraction of sp³-hybridized carbons (Fsp3) is 0.400. The van der Waals surface area contributed by atoms with E-state index in [1.54, 1.807) is 18.7 Å². The molecule has 0 N–H and O–H groups in total. The van der Waals surface area contributed by atoms with Crippen molar-refractivity contribution >= 4 is 15.7 Å². The highest BCUT2D eigenvalue weighted by atomic mass is 32.2. The van der Waals surface area contributed by atoms with E-state index in [4.69, 9.17) is 4.74 Å². The van der Waals surface area contributed by atoms with Gasteiger partial charge in [0.25, 0.3) is 0 Å². The van der Waals surface area contributed by atoms with E-state index in [-0.39, 0.29) is 37.6 Å². The van der Waals surface area contributed by atoms with Gasteiger partial charge in [-0.1, -0.05) is 17.7 Å². The Morgan fingerprint density at radius 1 is 0.893 bits per heavy atom. The van der Waals surface area contributed by atoms with Crippen LogP contribution in [0.2, 0.25) is 0 Å². The molecule has 2 aromatic rings. The first-order valence-corrected chi connectivity index (χ1v) is 10.4. The Bertz CT molecular complexity index is 978. The van der Waals surface area contributed by atoms with E-state index < -0.39 is 21.7 Å². The fourth-order valence-electron chi connectivity index (χ4n) is 3.79. The Balaban J connectivity index is 1.82. The molecule has 1 heterocycles. The zero-order valence-corrected chi connectivity index (χ0v) is 17.2. The lowest BCUT2D eigenvalue weighted by atomic mass is 10.1. The zero-order chi connectivity index (χ0) is 20.6. The summed E-state index contributed by atoms with van der Waals surface area (Å²) in [5.74, 6) is -1.41. The molecule has 1 saturated heterocycles. The van der Waals surface area contributed by atoms with Crippen LogP contribution in [-0.4, -0.2) is 46.0 Å². The Labute approximate surface area is 164 Å². The number of anilines is 1. The van der Waals surface area contributed by atoms with Crippen molar-refractivity contribution in [1.82, 2.24) is 4.31 Å². The molecule has 2 aromatic carbocycles. The predicted molar refractivity (Wildman–Crippen MR) is 105 cm³/mol. The lowest BCUT2D eigenvalue weighted by Crippen LogP contribution is -2.49. The highest BCUT2D eigenvalue weighted by Gasteiger charge is 2.31. The smallest absolute Gasteiger partial charge is 0.243 e. The second-order valence-electron chi connectivity index (χ2n) is 7.06. The molecule has 0 spiro atoms. The largest absolute Gasteiger partial charge is 0.494 e. The van der Waals surface area contributed by atoms with Crippen LogP contribution in [0.3, 0.4) is 0 Å². The van der Waals surface area contributed by atoms with Crippen molar-refractivity contribution in [2.45, 2.75) is 25.7 Å². The summed E-state index contributed by atoms with van der Waals surface area (Å²) in [5, 5.41) is 0. The topological polar surface area (TPSA) is 49.9 Å². The van der Waals surface area contributed by atoms with Gasteiger partial charge in [-0.05, 0) is 31.9 Å². The number of rotatable bonds is 4. The molecule has 0 radical (unpaired) electrons. The molecule has 0 aliphatic carbocycles. The molecule has 1 fully saturated rings. The number of sulfonamides is 1. The van der Waals surface area contributed by atoms with Crippen LogP contribution in [0.4, 0.5) is 14.5 Å². The summed E-state index contributed by atoms with van der Waals surface area (Å²) in [6.45, 7) is 6.44. The van der Waals surface area contributed by atoms with Crippen molar-refractivity contribution in [3.63, 3.8) is 0 Å². The van der Waals surface area contributed by atoms with Crippen LogP contribution >= 0.6 is 0 Å². The van der Waals surface area contributed by atoms with Gasteiger partial charge in [0.05, 0.1) is 17.7 Å². The van der Waals surface area contributed by atoms with Crippen molar-refractivity contribution in [2.75, 3.05) is 38.2 Å². The maximum absolute atomic E-state index is 14.3. The van der Waals surface area contributed by atoms with Crippen molar-refractivity contribution in [2.24, 2.45) is 0 Å². The van der Waals surface area contributed by atoms with Gasteiger partial charge >= 0.3 is 0 Å². The zero-order valence-electron chi connectivity index (χ0n) is 16.4. The minimum atomic E-state index is -3.66. The molecule has 0 atom stereocenters. The second kappa shape index (κ2) is 7.67. The highest BCUT2D eigenvalue weighted by molar-refractivity contribution is 7.89. The first kappa shape index (κ1) is 20.5. The van der Waals surface area contributed by atoms with Crippen LogP contribution < -0.4 is 9.64 Å². The molecule has 3 rings (SSSR count). The predicted octanol–water partition coefficient (Wildman–Crippen LogP) is 3.41. The summed E-state index contributed by atoms with van der Waals surface area (Å²) in [6, 6.07) is 5.80. The van der Waals surface area contributed by atoms with Gasteiger partial charge in [0.15, 0.2) is 11.6 Å². The average molecular weight is 410 g/mol. The summed E-state index contributed by atoms with van der Waals surface area (Å²) in [6.07, 6.45) is 0. The Morgan fingerprint density at radius 3 is 2.00 bits per heavy atom. The number of nitrogens with zero attached hydrogens (tertiary/aromatic N) is 2. The van der Waals surface area contributed by atoms with Crippen LogP contribution in [0.25, 0.3) is 0 Å². The minimum absolute atomic E-state index is 0.109. The molecule has 1 aliphatic rings. The SMILES string of the molecule is COc1cc(F)c(N2CCN(S(=O)(=O)c3c(C)cc(C)cc3C)CC2)cc1F. The van der Waals surface area contributed by atoms with E-state index >= 15 is 0 Å². The highest BCUT2D eigenvalue weighted by Crippen LogP contribution is 2.30. The first-order valence-electron chi connectivity index (χ1n) is 9.01. The molecule has 152 valence electrons. The summed E-state index contributed by atoms with van der Waals surface area (Å²) < 4.78 is 60.8. The maximum atomic E-state index is 14.3. The Morgan fingerprint density at radius 2 is 1.46 bits per heavy atom. The number of ether oxygens (including phenoxy) is 1. The molecule has 0 aromatic heterocycles. The summed E-state index contributed by atoms with van der Waals surface area (Å²) in [7, 11) is -2.38. The van der Waals surface area contributed by atoms with E-state index in [9.17, 15) is 17.2 Å². The third-order valence-electron chi connectivity index (χ3n) is 5.00. The number of hydrogen-bond acceptors (Lipinski definition) is 4. The summed E-state index contributed by atoms with van der Waals surface area (Å²) in [4.78, 5) is 1.98. The number of hydrogen-bond donors (Lipinski definition) is 0. The Hall–Kier alpha value is -2.19. The van der Waals surface area contributed by atoms with Gasteiger partial charge in [-0.15, -0.1) is 0 Å². The lowest BCUT2D eigenvalue weighted by molar-refractivity contribution is 0.376. The van der Waals surface area contributed by atoms with E-state index in [1.165, 1.54) is 11.4 Å². The number of methoxy groups -OCH3 is 1. The van der Waals surface area contributed by atoms with Gasteiger partial charge in [0, 0.05) is 38.3 Å². The van der Waals surface area contributed by atoms with Crippen LogP contribution in [-0.2, 0) is 10.0 Å². The van der Waals surface area contributed by atoms with Crippen molar-refractivity contribution < 1.29 is 21.9 Å². The van der Waals surface area contributed by atoms with E-state index in [1.807, 2.05) is 19.1 Å². The molecule has 5 nitrogen and oxygen atoms in total. The van der Waals surface area contributed by atoms with Crippen LogP contribution in [0, 0.1) is 32.4 Å². The van der Waals surface area contributed by atoms with Gasteiger partial charge in [-0.25, -0.2) is 17.2 Å². The number of benzene rings is 2. The minimum Gasteiger partial charge on any atom is -0.494 e. The Kier molecular flexibility index (Phi) is 5.63. The van der Waals surface area contributed by atoms with Crippen LogP contribution in [0.5, 0.6) is 5.75 Å². The van der Waals surface area contributed by atoms with Crippen molar-refractivity contribution in [1.29, 1.82) is 0 Å². The van der Waals surface area contributed by atoms with Crippen LogP contribution in [0.1, 0.15) is 16.7 Å². The number of aryl methyl sites for hydroxylation is 3. The average Bonchev–Trinajstić information content (AvgIpc) is 2.62. The number of halogens is 2. The molecular weight excluding hydrogens is 386 g/mol. The van der Waals surface area contributed by atoms with Gasteiger partial charge < -0.3 is 9.64 Å². The molecule has 0 unspecified atom stereocenters. The summed E-state index contributed by atoms with van der Waals surface area (Å²) >= 11 is 0. The molecule has 0 amide bonds. The molecule has 0 saturated carbocycles. The standard InChI is InChI=1S/C20H24F2N2O3S/c1-13-9-14(2)20(15(3)10-13)28(25,26)24-7-5-23(6-8-24)18-11-17(22)19(27-4)12-16(18)21/h9-12H,5-8H2,1-4H3. The summed E-state index contributed by atoms with van der Waals surface area (Å²) in [5.41, 5.74) is 2.54. The van der Waals surface area contributed by atoms with Gasteiger partial charge in [-0.3, -0.25) is 0 Å². The molecule has 8 heteroatoms. The third kappa shape index (κ3) is 3.71. The van der Waals surface area contributed by atoms with Crippen molar-refractivity contribution in [3.8, 4) is 5.75 Å². The molecule has 0 bridgehead atoms. The van der Waals surface area contributed by atoms with Crippen molar-refractivity contribution in [3.05, 3.63) is 52.6 Å². The van der Waals surface area contributed by atoms with E-state index in [0.717, 1.165) is 17.7 Å². The normalized spacial score (nSPS) is 15.7. The molecular formula is C20H24F2N2O3S. The number of piperazine rings is 1. The molecule has 1 aliphatic heterocycles. The lowest BCUT2D eigenvalue weighted by Gasteiger charge is -2.36. The quantitative estimate of drug-likeness (QED) is 0.775. The molecule has 28 heavy (non-hydrogen) atoms. The van der Waals surface area contributed by atoms with Gasteiger partial charge in [0.2, 0.25) is 10.0 Å².